The number of sulfonamides is 1. The van der Waals surface area contributed by atoms with Crippen molar-refractivity contribution in [2.45, 2.75) is 49.1 Å². The van der Waals surface area contributed by atoms with E-state index in [1.54, 1.807) is 40.5 Å². The Kier molecular flexibility index (Phi) is 9.01. The fourth-order valence-corrected chi connectivity index (χ4v) is 12.5. The van der Waals surface area contributed by atoms with Gasteiger partial charge in [-0.2, -0.15) is 0 Å². The van der Waals surface area contributed by atoms with Crippen LogP contribution < -0.4 is 0 Å². The first-order valence-electron chi connectivity index (χ1n) is 11.9. The van der Waals surface area contributed by atoms with E-state index in [-0.39, 0.29) is 23.1 Å². The Morgan fingerprint density at radius 3 is 2.37 bits per heavy atom. The number of carbonyl (C=O) groups is 1. The van der Waals surface area contributed by atoms with Crippen molar-refractivity contribution in [1.29, 1.82) is 0 Å². The Bertz CT molecular complexity index is 1150. The van der Waals surface area contributed by atoms with E-state index in [9.17, 15) is 13.2 Å². The number of halogens is 1. The van der Waals surface area contributed by atoms with Crippen LogP contribution in [0.2, 0.25) is 5.02 Å². The molecule has 0 saturated carbocycles. The van der Waals surface area contributed by atoms with Crippen LogP contribution in [0.3, 0.4) is 0 Å². The van der Waals surface area contributed by atoms with E-state index >= 15 is 0 Å². The summed E-state index contributed by atoms with van der Waals surface area (Å²) in [6.45, 7) is 1.91. The Balaban J connectivity index is 1.63. The van der Waals surface area contributed by atoms with Crippen LogP contribution in [0.5, 0.6) is 0 Å². The third-order valence-corrected chi connectivity index (χ3v) is 14.2. The van der Waals surface area contributed by atoms with Crippen LogP contribution in [0.1, 0.15) is 43.7 Å². The molecule has 0 aliphatic carbocycles. The Morgan fingerprint density at radius 1 is 1.06 bits per heavy atom. The van der Waals surface area contributed by atoms with E-state index in [0.29, 0.717) is 11.4 Å². The summed E-state index contributed by atoms with van der Waals surface area (Å²) >= 11 is 3.63. The number of nitrogens with zero attached hydrogens (tertiary/aromatic N) is 3. The molecule has 2 heterocycles. The zero-order chi connectivity index (χ0) is 25.0. The van der Waals surface area contributed by atoms with Crippen molar-refractivity contribution in [3.05, 3.63) is 65.2 Å². The minimum absolute atomic E-state index is 0.159. The van der Waals surface area contributed by atoms with Gasteiger partial charge in [-0.15, -0.1) is 0 Å². The van der Waals surface area contributed by atoms with Gasteiger partial charge in [0.25, 0.3) is 0 Å². The van der Waals surface area contributed by atoms with Gasteiger partial charge in [0, 0.05) is 0 Å². The van der Waals surface area contributed by atoms with Gasteiger partial charge in [0.1, 0.15) is 0 Å². The molecule has 0 unspecified atom stereocenters. The number of amides is 1. The van der Waals surface area contributed by atoms with Crippen LogP contribution in [-0.2, 0) is 12.7 Å². The van der Waals surface area contributed by atoms with Gasteiger partial charge in [-0.1, -0.05) is 0 Å². The van der Waals surface area contributed by atoms with E-state index < -0.39 is 34.2 Å². The second-order valence-corrected chi connectivity index (χ2v) is 15.9. The summed E-state index contributed by atoms with van der Waals surface area (Å²) in [7, 11) is 0.0422. The Morgan fingerprint density at radius 2 is 1.71 bits per heavy atom. The number of likely N-dealkylation sites (tertiary alicyclic amines) is 1. The quantitative estimate of drug-likeness (QED) is 0.437. The molecule has 2 saturated heterocycles. The second-order valence-electron chi connectivity index (χ2n) is 9.21. The van der Waals surface area contributed by atoms with Crippen molar-refractivity contribution in [2.24, 2.45) is 0 Å². The third-order valence-electron chi connectivity index (χ3n) is 6.85. The molecule has 0 spiro atoms. The van der Waals surface area contributed by atoms with Gasteiger partial charge in [-0.3, -0.25) is 0 Å². The predicted molar refractivity (Wildman–Crippen MR) is 139 cm³/mol. The molecular formula is C25H31ClN3O4STl. The van der Waals surface area contributed by atoms with Crippen molar-refractivity contribution < 1.29 is 15.9 Å². The molecule has 4 rings (SSSR count). The zero-order valence-electron chi connectivity index (χ0n) is 20.1. The average Bonchev–Trinajstić information content (AvgIpc) is 2.87. The van der Waals surface area contributed by atoms with Gasteiger partial charge in [0.05, 0.1) is 0 Å². The van der Waals surface area contributed by atoms with Crippen LogP contribution >= 0.6 is 11.6 Å². The zero-order valence-corrected chi connectivity index (χ0v) is 26.2. The average molecular weight is 709 g/mol. The van der Waals surface area contributed by atoms with E-state index in [0.717, 1.165) is 47.5 Å². The molecule has 0 bridgehead atoms. The first-order valence-corrected chi connectivity index (χ1v) is 17.8. The molecule has 2 aromatic rings. The summed E-state index contributed by atoms with van der Waals surface area (Å²) in [5.41, 5.74) is 0.947. The SMILES string of the molecule is CN1CCC(N(C)C(=O)[O][Tl]=[C]2CCC[C@@H](c3ccccc3)N2S(=O)(=O)c2ccc(Cl)cc2)CC1. The third kappa shape index (κ3) is 6.33. The van der Waals surface area contributed by atoms with Crippen LogP contribution in [-0.4, -0.2) is 89.2 Å². The van der Waals surface area contributed by atoms with Crippen molar-refractivity contribution >= 4 is 55.1 Å². The molecule has 1 amide bonds. The van der Waals surface area contributed by atoms with Crippen LogP contribution in [0, 0.1) is 0 Å². The maximum atomic E-state index is 13.9. The molecule has 0 aromatic heterocycles. The van der Waals surface area contributed by atoms with Crippen molar-refractivity contribution in [3.63, 3.8) is 0 Å². The van der Waals surface area contributed by atoms with E-state index in [1.807, 2.05) is 30.3 Å². The summed E-state index contributed by atoms with van der Waals surface area (Å²) in [6.07, 6.45) is 3.72. The normalized spacial score (nSPS) is 21.5. The second kappa shape index (κ2) is 11.8. The van der Waals surface area contributed by atoms with E-state index in [4.69, 9.17) is 14.3 Å². The summed E-state index contributed by atoms with van der Waals surface area (Å²) in [5.74, 6) is 0. The summed E-state index contributed by atoms with van der Waals surface area (Å²) in [5, 5.41) is 0.483. The topological polar surface area (TPSA) is 70.2 Å². The minimum atomic E-state index is -3.84. The van der Waals surface area contributed by atoms with E-state index in [2.05, 4.69) is 11.9 Å². The number of hydrogen-bond donors (Lipinski definition) is 0. The van der Waals surface area contributed by atoms with Crippen LogP contribution in [0.4, 0.5) is 4.79 Å². The van der Waals surface area contributed by atoms with Gasteiger partial charge < -0.3 is 0 Å². The first-order chi connectivity index (χ1) is 16.8. The molecular weight excluding hydrogens is 678 g/mol. The molecule has 1 atom stereocenters. The fraction of sp³-hybridized carbons (Fsp3) is 0.440. The maximum absolute atomic E-state index is 13.9. The van der Waals surface area contributed by atoms with Gasteiger partial charge >= 0.3 is 227 Å². The first kappa shape index (κ1) is 26.7. The summed E-state index contributed by atoms with van der Waals surface area (Å²) in [6, 6.07) is 15.8. The van der Waals surface area contributed by atoms with Crippen molar-refractivity contribution in [1.82, 2.24) is 14.1 Å². The molecule has 0 radical (unpaired) electrons. The Labute approximate surface area is 225 Å². The molecule has 2 fully saturated rings. The van der Waals surface area contributed by atoms with Crippen LogP contribution in [0.25, 0.3) is 0 Å². The van der Waals surface area contributed by atoms with Crippen molar-refractivity contribution in [3.8, 4) is 0 Å². The molecule has 10 heteroatoms. The van der Waals surface area contributed by atoms with E-state index in [1.165, 1.54) is 0 Å². The predicted octanol–water partition coefficient (Wildman–Crippen LogP) is 4.17. The van der Waals surface area contributed by atoms with Crippen LogP contribution in [0.15, 0.2) is 59.5 Å². The monoisotopic (exact) mass is 709 g/mol. The van der Waals surface area contributed by atoms with Gasteiger partial charge in [0.2, 0.25) is 0 Å². The molecule has 7 nitrogen and oxygen atoms in total. The molecule has 2 aliphatic rings. The summed E-state index contributed by atoms with van der Waals surface area (Å²) < 4.78 is 36.0. The fourth-order valence-electron chi connectivity index (χ4n) is 4.77. The Hall–Kier alpha value is -1.34. The van der Waals surface area contributed by atoms with Gasteiger partial charge in [0.15, 0.2) is 0 Å². The van der Waals surface area contributed by atoms with Gasteiger partial charge in [-0.25, -0.2) is 0 Å². The van der Waals surface area contributed by atoms with Gasteiger partial charge in [-0.05, 0) is 0 Å². The number of benzene rings is 2. The standard InChI is InChI=1S/C17H16ClNO2S.C8H16N2O2.Tl/c18-15-9-11-16(12-10-15)22(20,21)19-13-5-4-8-17(19)14-6-2-1-3-7-14;1-9-5-3-7(4-6-9)10(2)8(11)12;/h1-3,6-7,9-12,17H,4-5,8H2;7H,3-6H2,1-2H3,(H,11,12);/q;;+1/p-1/t17-;;/m0../s1. The summed E-state index contributed by atoms with van der Waals surface area (Å²) in [4.78, 5) is 17.1. The number of carbonyl (C=O) groups excluding carboxylic acids is 1. The molecule has 35 heavy (non-hydrogen) atoms. The number of hydrogen-bond acceptors (Lipinski definition) is 5. The molecule has 2 aromatic carbocycles. The molecule has 2 aliphatic heterocycles. The molecule has 0 N–H and O–H groups in total. The molecule has 186 valence electrons. The van der Waals surface area contributed by atoms with Crippen molar-refractivity contribution in [2.75, 3.05) is 27.2 Å². The number of piperidine rings is 2. The number of rotatable bonds is 5.